The number of esters is 1. The summed E-state index contributed by atoms with van der Waals surface area (Å²) in [5, 5.41) is 10.2. The van der Waals surface area contributed by atoms with Crippen LogP contribution in [-0.2, 0) is 22.5 Å². The quantitative estimate of drug-likeness (QED) is 0.348. The summed E-state index contributed by atoms with van der Waals surface area (Å²) in [6.45, 7) is 2.92. The molecular weight excluding hydrogens is 309 g/mol. The van der Waals surface area contributed by atoms with Gasteiger partial charge in [-0.3, -0.25) is 4.79 Å². The number of nitrogens with one attached hydrogen (secondary N) is 1. The number of rotatable bonds is 4. The number of aromatic amines is 1. The van der Waals surface area contributed by atoms with Crippen molar-refractivity contribution in [1.29, 1.82) is 5.26 Å². The monoisotopic (exact) mass is 323 g/mol. The average Bonchev–Trinajstić information content (AvgIpc) is 2.91. The van der Waals surface area contributed by atoms with Crippen LogP contribution >= 0.6 is 24.0 Å². The van der Waals surface area contributed by atoms with Crippen molar-refractivity contribution in [2.75, 3.05) is 6.61 Å². The van der Waals surface area contributed by atoms with Crippen molar-refractivity contribution < 1.29 is 62.3 Å². The van der Waals surface area contributed by atoms with Crippen LogP contribution in [0.3, 0.4) is 0 Å². The molecule has 5 nitrogen and oxygen atoms in total. The molecule has 1 aliphatic heterocycles. The Labute approximate surface area is 165 Å². The molecule has 0 fully saturated rings. The normalized spacial score (nSPS) is 14.1. The van der Waals surface area contributed by atoms with Crippen LogP contribution in [0.25, 0.3) is 0 Å². The minimum absolute atomic E-state index is 0. The Balaban J connectivity index is 0.00000180. The first-order valence-electron chi connectivity index (χ1n) is 5.72. The minimum atomic E-state index is -0.633. The third kappa shape index (κ3) is 3.72. The number of aromatic nitrogens is 2. The van der Waals surface area contributed by atoms with E-state index in [4.69, 9.17) is 22.2 Å². The molecule has 2 rings (SSSR count). The van der Waals surface area contributed by atoms with E-state index in [1.807, 2.05) is 9.97 Å². The van der Waals surface area contributed by atoms with E-state index < -0.39 is 11.2 Å². The van der Waals surface area contributed by atoms with Crippen molar-refractivity contribution in [3.63, 3.8) is 0 Å². The number of thiocyanates is 1. The maximum Gasteiger partial charge on any atom is 1.00 e. The Morgan fingerprint density at radius 3 is 3.16 bits per heavy atom. The van der Waals surface area contributed by atoms with Crippen LogP contribution in [-0.4, -0.2) is 22.1 Å². The van der Waals surface area contributed by atoms with Gasteiger partial charge in [0.2, 0.25) is 0 Å². The molecule has 0 aliphatic carbocycles. The van der Waals surface area contributed by atoms with Crippen LogP contribution in [0.2, 0.25) is 0 Å². The third-order valence-electron chi connectivity index (χ3n) is 2.85. The average molecular weight is 323 g/mol. The standard InChI is InChI=1S/C11H13N3O2S2.K.H/c1-2-16-10(15)9(18-6-12)8-7-4-3-5-14(7)11(17)13-8;;/h9H,2-5H2,1H3,(H,13,17);;/q;+1;-1. The molecule has 0 amide bonds. The summed E-state index contributed by atoms with van der Waals surface area (Å²) in [5.74, 6) is -0.393. The molecule has 19 heavy (non-hydrogen) atoms. The zero-order valence-electron chi connectivity index (χ0n) is 11.9. The van der Waals surface area contributed by atoms with Gasteiger partial charge in [-0.25, -0.2) is 0 Å². The molecule has 1 unspecified atom stereocenters. The summed E-state index contributed by atoms with van der Waals surface area (Å²) in [7, 11) is 0. The molecule has 2 heterocycles. The minimum Gasteiger partial charge on any atom is -1.00 e. The number of thioether (sulfide) groups is 1. The summed E-state index contributed by atoms with van der Waals surface area (Å²) < 4.78 is 7.62. The zero-order valence-corrected chi connectivity index (χ0v) is 15.7. The van der Waals surface area contributed by atoms with Gasteiger partial charge in [0, 0.05) is 12.2 Å². The Morgan fingerprint density at radius 1 is 1.79 bits per heavy atom. The first kappa shape index (κ1) is 17.4. The molecule has 0 radical (unpaired) electrons. The molecule has 1 aromatic heterocycles. The number of H-pyrrole nitrogens is 1. The van der Waals surface area contributed by atoms with Gasteiger partial charge >= 0.3 is 57.4 Å². The molecule has 0 spiro atoms. The van der Waals surface area contributed by atoms with E-state index in [2.05, 4.69) is 4.98 Å². The fourth-order valence-electron chi connectivity index (χ4n) is 2.15. The number of hydrogen-bond donors (Lipinski definition) is 1. The molecule has 1 aliphatic rings. The van der Waals surface area contributed by atoms with Gasteiger partial charge in [0.1, 0.15) is 5.40 Å². The summed E-state index contributed by atoms with van der Waals surface area (Å²) >= 11 is 6.11. The van der Waals surface area contributed by atoms with Gasteiger partial charge in [-0.05, 0) is 43.7 Å². The topological polar surface area (TPSA) is 70.8 Å². The van der Waals surface area contributed by atoms with E-state index >= 15 is 0 Å². The van der Waals surface area contributed by atoms with Crippen LogP contribution < -0.4 is 51.4 Å². The van der Waals surface area contributed by atoms with E-state index in [-0.39, 0.29) is 52.8 Å². The SMILES string of the molecule is CCOC(=O)C(SC#N)c1[nH]c(=S)n2c1CCC2.[H-].[K+]. The van der Waals surface area contributed by atoms with Crippen molar-refractivity contribution in [3.8, 4) is 5.40 Å². The Hall–Kier alpha value is 0.376. The van der Waals surface area contributed by atoms with Gasteiger partial charge < -0.3 is 15.7 Å². The largest absolute Gasteiger partial charge is 1.00 e. The summed E-state index contributed by atoms with van der Waals surface area (Å²) in [4.78, 5) is 14.9. The second-order valence-corrected chi connectivity index (χ2v) is 5.16. The number of carbonyl (C=O) groups excluding carboxylic acids is 1. The second-order valence-electron chi connectivity index (χ2n) is 3.89. The zero-order chi connectivity index (χ0) is 13.1. The Morgan fingerprint density at radius 2 is 2.53 bits per heavy atom. The molecule has 98 valence electrons. The van der Waals surface area contributed by atoms with Gasteiger partial charge in [-0.2, -0.15) is 5.26 Å². The molecule has 0 saturated carbocycles. The maximum absolute atomic E-state index is 11.9. The Kier molecular flexibility index (Phi) is 7.32. The summed E-state index contributed by atoms with van der Waals surface area (Å²) in [6.07, 6.45) is 1.90. The number of hydrogen-bond acceptors (Lipinski definition) is 5. The van der Waals surface area contributed by atoms with Crippen LogP contribution in [0, 0.1) is 15.4 Å². The van der Waals surface area contributed by atoms with Crippen LogP contribution in [0.15, 0.2) is 0 Å². The van der Waals surface area contributed by atoms with Gasteiger partial charge in [0.25, 0.3) is 0 Å². The Bertz CT molecular complexity index is 567. The van der Waals surface area contributed by atoms with Crippen molar-refractivity contribution in [2.24, 2.45) is 0 Å². The van der Waals surface area contributed by atoms with Crippen LogP contribution in [0.5, 0.6) is 0 Å². The first-order chi connectivity index (χ1) is 8.69. The van der Waals surface area contributed by atoms with Gasteiger partial charge in [0.05, 0.1) is 12.3 Å². The number of ether oxygens (including phenoxy) is 1. The predicted octanol–water partition coefficient (Wildman–Crippen LogP) is -0.573. The van der Waals surface area contributed by atoms with E-state index in [9.17, 15) is 4.79 Å². The second kappa shape index (κ2) is 7.98. The van der Waals surface area contributed by atoms with Crippen molar-refractivity contribution >= 4 is 29.9 Å². The van der Waals surface area contributed by atoms with E-state index in [0.717, 1.165) is 42.5 Å². The molecule has 8 heteroatoms. The fraction of sp³-hybridized carbons (Fsp3) is 0.545. The fourth-order valence-corrected chi connectivity index (χ4v) is 3.04. The van der Waals surface area contributed by atoms with Crippen molar-refractivity contribution in [1.82, 2.24) is 9.55 Å². The van der Waals surface area contributed by atoms with Crippen molar-refractivity contribution in [2.45, 2.75) is 31.6 Å². The summed E-state index contributed by atoms with van der Waals surface area (Å²) in [6, 6.07) is 0. The molecule has 0 saturated heterocycles. The summed E-state index contributed by atoms with van der Waals surface area (Å²) in [5.41, 5.74) is 1.75. The van der Waals surface area contributed by atoms with Crippen LogP contribution in [0.1, 0.15) is 31.4 Å². The van der Waals surface area contributed by atoms with Crippen LogP contribution in [0.4, 0.5) is 0 Å². The number of carbonyl (C=O) groups is 1. The number of nitrogens with zero attached hydrogens (tertiary/aromatic N) is 2. The maximum atomic E-state index is 11.9. The smallest absolute Gasteiger partial charge is 1.00 e. The van der Waals surface area contributed by atoms with Gasteiger partial charge in [-0.1, -0.05) is 0 Å². The molecule has 0 bridgehead atoms. The van der Waals surface area contributed by atoms with E-state index in [0.29, 0.717) is 11.4 Å². The predicted molar refractivity (Wildman–Crippen MR) is 71.6 cm³/mol. The number of fused-ring (bicyclic) bond motifs is 1. The molecule has 1 atom stereocenters. The van der Waals surface area contributed by atoms with Gasteiger partial charge in [0.15, 0.2) is 10.0 Å². The third-order valence-corrected chi connectivity index (χ3v) is 3.94. The number of nitriles is 1. The van der Waals surface area contributed by atoms with Crippen molar-refractivity contribution in [3.05, 3.63) is 16.2 Å². The molecule has 0 aromatic carbocycles. The van der Waals surface area contributed by atoms with E-state index in [1.165, 1.54) is 0 Å². The molecule has 1 N–H and O–H groups in total. The molecular formula is C11H14KN3O2S2. The van der Waals surface area contributed by atoms with Gasteiger partial charge in [-0.15, -0.1) is 0 Å². The first-order valence-corrected chi connectivity index (χ1v) is 7.00. The molecule has 1 aromatic rings. The van der Waals surface area contributed by atoms with E-state index in [1.54, 1.807) is 6.92 Å². The number of imidazole rings is 1.